The number of aromatic nitrogens is 2. The topological polar surface area (TPSA) is 53.1 Å². The molecule has 0 spiro atoms. The van der Waals surface area contributed by atoms with Gasteiger partial charge < -0.3 is 15.0 Å². The van der Waals surface area contributed by atoms with Crippen molar-refractivity contribution >= 4 is 0 Å². The maximum absolute atomic E-state index is 5.91. The highest BCUT2D eigenvalue weighted by atomic mass is 16.5. The van der Waals surface area contributed by atoms with Crippen LogP contribution in [0.3, 0.4) is 0 Å². The molecule has 0 fully saturated rings. The molecular formula is C14H19N3O. The van der Waals surface area contributed by atoms with E-state index in [-0.39, 0.29) is 6.04 Å². The number of hydrogen-bond acceptors (Lipinski definition) is 3. The first kappa shape index (κ1) is 12.6. The van der Waals surface area contributed by atoms with Crippen LogP contribution >= 0.6 is 0 Å². The standard InChI is InChI=1S/C14H19N3O/c1-10-11(2)17(9-16-10)14(8-15)12-4-6-13(18-3)7-5-12/h4-7,9,14H,8,15H2,1-3H3. The third-order valence-electron chi connectivity index (χ3n) is 3.35. The molecule has 0 aliphatic rings. The van der Waals surface area contributed by atoms with E-state index >= 15 is 0 Å². The number of benzene rings is 1. The van der Waals surface area contributed by atoms with Gasteiger partial charge in [-0.3, -0.25) is 0 Å². The summed E-state index contributed by atoms with van der Waals surface area (Å²) in [5.74, 6) is 0.855. The zero-order valence-electron chi connectivity index (χ0n) is 11.1. The summed E-state index contributed by atoms with van der Waals surface area (Å²) in [7, 11) is 1.67. The fraction of sp³-hybridized carbons (Fsp3) is 0.357. The lowest BCUT2D eigenvalue weighted by atomic mass is 10.1. The normalized spacial score (nSPS) is 12.4. The fourth-order valence-corrected chi connectivity index (χ4v) is 2.07. The molecule has 0 saturated carbocycles. The van der Waals surface area contributed by atoms with E-state index in [1.165, 1.54) is 5.56 Å². The average Bonchev–Trinajstić information content (AvgIpc) is 2.73. The van der Waals surface area contributed by atoms with Crippen molar-refractivity contribution in [3.05, 3.63) is 47.5 Å². The summed E-state index contributed by atoms with van der Waals surface area (Å²) < 4.78 is 7.29. The summed E-state index contributed by atoms with van der Waals surface area (Å²) in [6.45, 7) is 4.62. The Morgan fingerprint density at radius 1 is 1.28 bits per heavy atom. The average molecular weight is 245 g/mol. The highest BCUT2D eigenvalue weighted by molar-refractivity contribution is 5.30. The smallest absolute Gasteiger partial charge is 0.118 e. The maximum atomic E-state index is 5.91. The maximum Gasteiger partial charge on any atom is 0.118 e. The van der Waals surface area contributed by atoms with Crippen molar-refractivity contribution in [3.8, 4) is 5.75 Å². The predicted octanol–water partition coefficient (Wildman–Crippen LogP) is 2.06. The largest absolute Gasteiger partial charge is 0.497 e. The van der Waals surface area contributed by atoms with Gasteiger partial charge in [0, 0.05) is 12.2 Å². The van der Waals surface area contributed by atoms with Gasteiger partial charge in [0.1, 0.15) is 5.75 Å². The molecule has 2 aromatic rings. The van der Waals surface area contributed by atoms with Crippen LogP contribution in [0.4, 0.5) is 0 Å². The van der Waals surface area contributed by atoms with Crippen LogP contribution in [0.1, 0.15) is 23.0 Å². The lowest BCUT2D eigenvalue weighted by Crippen LogP contribution is -2.20. The second-order valence-corrected chi connectivity index (χ2v) is 4.35. The second kappa shape index (κ2) is 5.23. The fourth-order valence-electron chi connectivity index (χ4n) is 2.07. The van der Waals surface area contributed by atoms with Crippen molar-refractivity contribution in [1.29, 1.82) is 0 Å². The molecule has 0 aliphatic heterocycles. The Morgan fingerprint density at radius 2 is 1.94 bits per heavy atom. The summed E-state index contributed by atoms with van der Waals surface area (Å²) in [6, 6.07) is 8.13. The van der Waals surface area contributed by atoms with Crippen molar-refractivity contribution in [1.82, 2.24) is 9.55 Å². The summed E-state index contributed by atoms with van der Waals surface area (Å²) >= 11 is 0. The van der Waals surface area contributed by atoms with Crippen molar-refractivity contribution < 1.29 is 4.74 Å². The molecule has 1 aromatic carbocycles. The van der Waals surface area contributed by atoms with Crippen molar-refractivity contribution in [3.63, 3.8) is 0 Å². The molecule has 4 heteroatoms. The molecule has 0 saturated heterocycles. The minimum absolute atomic E-state index is 0.122. The molecule has 4 nitrogen and oxygen atoms in total. The Balaban J connectivity index is 2.35. The van der Waals surface area contributed by atoms with Gasteiger partial charge >= 0.3 is 0 Å². The molecular weight excluding hydrogens is 226 g/mol. The van der Waals surface area contributed by atoms with Gasteiger partial charge in [0.25, 0.3) is 0 Å². The van der Waals surface area contributed by atoms with Crippen molar-refractivity contribution in [2.45, 2.75) is 19.9 Å². The Kier molecular flexibility index (Phi) is 3.67. The highest BCUT2D eigenvalue weighted by Gasteiger charge is 2.14. The monoisotopic (exact) mass is 245 g/mol. The van der Waals surface area contributed by atoms with Crippen LogP contribution in [0, 0.1) is 13.8 Å². The van der Waals surface area contributed by atoms with E-state index in [1.54, 1.807) is 7.11 Å². The van der Waals surface area contributed by atoms with Gasteiger partial charge in [-0.05, 0) is 31.5 Å². The molecule has 0 bridgehead atoms. The number of aryl methyl sites for hydroxylation is 1. The Bertz CT molecular complexity index is 516. The molecule has 0 radical (unpaired) electrons. The molecule has 2 N–H and O–H groups in total. The van der Waals surface area contributed by atoms with Crippen molar-refractivity contribution in [2.75, 3.05) is 13.7 Å². The third-order valence-corrected chi connectivity index (χ3v) is 3.35. The molecule has 1 atom stereocenters. The summed E-state index contributed by atoms with van der Waals surface area (Å²) in [5, 5.41) is 0. The second-order valence-electron chi connectivity index (χ2n) is 4.35. The molecule has 1 heterocycles. The Labute approximate surface area is 107 Å². The molecule has 0 aliphatic carbocycles. The minimum Gasteiger partial charge on any atom is -0.497 e. The lowest BCUT2D eigenvalue weighted by Gasteiger charge is -2.19. The first-order valence-electron chi connectivity index (χ1n) is 6.01. The highest BCUT2D eigenvalue weighted by Crippen LogP contribution is 2.22. The SMILES string of the molecule is COc1ccc(C(CN)n2cnc(C)c2C)cc1. The lowest BCUT2D eigenvalue weighted by molar-refractivity contribution is 0.414. The van der Waals surface area contributed by atoms with Gasteiger partial charge in [0.2, 0.25) is 0 Å². The van der Waals surface area contributed by atoms with Crippen LogP contribution in [-0.4, -0.2) is 23.2 Å². The van der Waals surface area contributed by atoms with Crippen molar-refractivity contribution in [2.24, 2.45) is 5.73 Å². The predicted molar refractivity (Wildman–Crippen MR) is 71.9 cm³/mol. The van der Waals surface area contributed by atoms with E-state index in [0.29, 0.717) is 6.54 Å². The summed E-state index contributed by atoms with van der Waals surface area (Å²) in [4.78, 5) is 4.33. The number of rotatable bonds is 4. The van der Waals surface area contributed by atoms with Crippen LogP contribution in [0.2, 0.25) is 0 Å². The van der Waals surface area contributed by atoms with Gasteiger partial charge in [-0.25, -0.2) is 4.98 Å². The van der Waals surface area contributed by atoms with Gasteiger partial charge in [-0.1, -0.05) is 12.1 Å². The number of ether oxygens (including phenoxy) is 1. The van der Waals surface area contributed by atoms with Crippen LogP contribution in [0.25, 0.3) is 0 Å². The first-order chi connectivity index (χ1) is 8.67. The molecule has 1 unspecified atom stereocenters. The summed E-state index contributed by atoms with van der Waals surface area (Å²) in [5.41, 5.74) is 9.27. The van der Waals surface area contributed by atoms with Crippen LogP contribution in [0.5, 0.6) is 5.75 Å². The minimum atomic E-state index is 0.122. The van der Waals surface area contributed by atoms with E-state index in [9.17, 15) is 0 Å². The quantitative estimate of drug-likeness (QED) is 0.897. The number of hydrogen-bond donors (Lipinski definition) is 1. The molecule has 96 valence electrons. The van der Waals surface area contributed by atoms with Gasteiger partial charge in [0.05, 0.1) is 25.2 Å². The molecule has 1 aromatic heterocycles. The number of imidazole rings is 1. The van der Waals surface area contributed by atoms with Gasteiger partial charge in [-0.15, -0.1) is 0 Å². The molecule has 18 heavy (non-hydrogen) atoms. The molecule has 2 rings (SSSR count). The zero-order valence-corrected chi connectivity index (χ0v) is 11.1. The van der Waals surface area contributed by atoms with Crippen LogP contribution in [0.15, 0.2) is 30.6 Å². The number of nitrogens with zero attached hydrogens (tertiary/aromatic N) is 2. The number of methoxy groups -OCH3 is 1. The Morgan fingerprint density at radius 3 is 2.39 bits per heavy atom. The Hall–Kier alpha value is -1.81. The first-order valence-corrected chi connectivity index (χ1v) is 6.01. The third kappa shape index (κ3) is 2.24. The number of nitrogens with two attached hydrogens (primary N) is 1. The van der Waals surface area contributed by atoms with Gasteiger partial charge in [-0.2, -0.15) is 0 Å². The van der Waals surface area contributed by atoms with E-state index in [2.05, 4.69) is 16.5 Å². The van der Waals surface area contributed by atoms with Crippen LogP contribution in [-0.2, 0) is 0 Å². The van der Waals surface area contributed by atoms with E-state index in [4.69, 9.17) is 10.5 Å². The molecule has 0 amide bonds. The van der Waals surface area contributed by atoms with Gasteiger partial charge in [0.15, 0.2) is 0 Å². The van der Waals surface area contributed by atoms with E-state index < -0.39 is 0 Å². The van der Waals surface area contributed by atoms with Crippen LogP contribution < -0.4 is 10.5 Å². The van der Waals surface area contributed by atoms with E-state index in [1.807, 2.05) is 37.5 Å². The zero-order chi connectivity index (χ0) is 13.1. The van der Waals surface area contributed by atoms with E-state index in [0.717, 1.165) is 17.1 Å². The summed E-state index contributed by atoms with van der Waals surface area (Å²) in [6.07, 6.45) is 1.85.